The SMILES string of the molecule is Cc1ccc(O)c(C(=O)Nc2ccc(Br)cc2C)c1. The molecule has 0 saturated carbocycles. The number of phenols is 1. The molecule has 0 saturated heterocycles. The quantitative estimate of drug-likeness (QED) is 0.878. The zero-order valence-corrected chi connectivity index (χ0v) is 12.3. The predicted molar refractivity (Wildman–Crippen MR) is 79.7 cm³/mol. The monoisotopic (exact) mass is 319 g/mol. The van der Waals surface area contributed by atoms with Gasteiger partial charge in [0.1, 0.15) is 5.75 Å². The van der Waals surface area contributed by atoms with Gasteiger partial charge in [-0.3, -0.25) is 4.79 Å². The second-order valence-corrected chi connectivity index (χ2v) is 5.35. The lowest BCUT2D eigenvalue weighted by molar-refractivity contribution is 0.102. The lowest BCUT2D eigenvalue weighted by Gasteiger charge is -2.10. The number of hydrogen-bond donors (Lipinski definition) is 2. The first-order valence-corrected chi connectivity index (χ1v) is 6.64. The van der Waals surface area contributed by atoms with Gasteiger partial charge < -0.3 is 10.4 Å². The largest absolute Gasteiger partial charge is 0.507 e. The lowest BCUT2D eigenvalue weighted by atomic mass is 10.1. The molecule has 0 unspecified atom stereocenters. The van der Waals surface area contributed by atoms with E-state index in [2.05, 4.69) is 21.2 Å². The maximum atomic E-state index is 12.1. The summed E-state index contributed by atoms with van der Waals surface area (Å²) in [5.74, 6) is -0.329. The van der Waals surface area contributed by atoms with Gasteiger partial charge in [-0.1, -0.05) is 27.6 Å². The van der Waals surface area contributed by atoms with Crippen molar-refractivity contribution in [3.05, 3.63) is 57.6 Å². The van der Waals surface area contributed by atoms with E-state index in [0.29, 0.717) is 0 Å². The Balaban J connectivity index is 2.28. The summed E-state index contributed by atoms with van der Waals surface area (Å²) in [6, 6.07) is 10.6. The van der Waals surface area contributed by atoms with E-state index < -0.39 is 0 Å². The summed E-state index contributed by atoms with van der Waals surface area (Å²) in [6.07, 6.45) is 0. The maximum Gasteiger partial charge on any atom is 0.259 e. The normalized spacial score (nSPS) is 10.3. The number of phenolic OH excluding ortho intramolecular Hbond substituents is 1. The van der Waals surface area contributed by atoms with E-state index in [1.807, 2.05) is 32.0 Å². The average molecular weight is 320 g/mol. The molecule has 4 heteroatoms. The molecule has 3 nitrogen and oxygen atoms in total. The lowest BCUT2D eigenvalue weighted by Crippen LogP contribution is -2.13. The molecule has 0 fully saturated rings. The van der Waals surface area contributed by atoms with Crippen molar-refractivity contribution in [3.63, 3.8) is 0 Å². The number of anilines is 1. The van der Waals surface area contributed by atoms with Gasteiger partial charge in [0.2, 0.25) is 0 Å². The Bertz CT molecular complexity index is 638. The van der Waals surface area contributed by atoms with Crippen molar-refractivity contribution in [2.24, 2.45) is 0 Å². The fourth-order valence-corrected chi connectivity index (χ4v) is 2.26. The first-order chi connectivity index (χ1) is 8.97. The Morgan fingerprint density at radius 2 is 1.89 bits per heavy atom. The summed E-state index contributed by atoms with van der Waals surface area (Å²) < 4.78 is 0.960. The third-order valence-corrected chi connectivity index (χ3v) is 3.33. The molecule has 98 valence electrons. The first-order valence-electron chi connectivity index (χ1n) is 5.84. The minimum Gasteiger partial charge on any atom is -0.507 e. The van der Waals surface area contributed by atoms with Crippen molar-refractivity contribution < 1.29 is 9.90 Å². The molecule has 0 heterocycles. The number of halogens is 1. The highest BCUT2D eigenvalue weighted by molar-refractivity contribution is 9.10. The van der Waals surface area contributed by atoms with Crippen LogP contribution in [-0.4, -0.2) is 11.0 Å². The van der Waals surface area contributed by atoms with Crippen LogP contribution < -0.4 is 5.32 Å². The highest BCUT2D eigenvalue weighted by Gasteiger charge is 2.12. The summed E-state index contributed by atoms with van der Waals surface area (Å²) >= 11 is 3.38. The molecule has 0 aliphatic rings. The second kappa shape index (κ2) is 5.45. The fourth-order valence-electron chi connectivity index (χ4n) is 1.79. The molecule has 0 radical (unpaired) electrons. The van der Waals surface area contributed by atoms with Crippen LogP contribution in [0.25, 0.3) is 0 Å². The van der Waals surface area contributed by atoms with Crippen LogP contribution in [0, 0.1) is 13.8 Å². The summed E-state index contributed by atoms with van der Waals surface area (Å²) in [5, 5.41) is 12.5. The van der Waals surface area contributed by atoms with E-state index in [1.165, 1.54) is 6.07 Å². The van der Waals surface area contributed by atoms with E-state index in [-0.39, 0.29) is 17.2 Å². The Kier molecular flexibility index (Phi) is 3.90. The first kappa shape index (κ1) is 13.6. The predicted octanol–water partition coefficient (Wildman–Crippen LogP) is 4.02. The van der Waals surface area contributed by atoms with Crippen LogP contribution in [-0.2, 0) is 0 Å². The van der Waals surface area contributed by atoms with Crippen molar-refractivity contribution in [1.82, 2.24) is 0 Å². The zero-order chi connectivity index (χ0) is 14.0. The van der Waals surface area contributed by atoms with Gasteiger partial charge in [0, 0.05) is 10.2 Å². The number of rotatable bonds is 2. The van der Waals surface area contributed by atoms with E-state index in [4.69, 9.17) is 0 Å². The smallest absolute Gasteiger partial charge is 0.259 e. The van der Waals surface area contributed by atoms with Gasteiger partial charge in [0.05, 0.1) is 5.56 Å². The Morgan fingerprint density at radius 3 is 2.58 bits per heavy atom. The number of carbonyl (C=O) groups is 1. The molecule has 0 bridgehead atoms. The van der Waals surface area contributed by atoms with Crippen LogP contribution in [0.4, 0.5) is 5.69 Å². The van der Waals surface area contributed by atoms with Gasteiger partial charge in [0.15, 0.2) is 0 Å². The van der Waals surface area contributed by atoms with Crippen molar-refractivity contribution in [1.29, 1.82) is 0 Å². The topological polar surface area (TPSA) is 49.3 Å². The van der Waals surface area contributed by atoms with Crippen LogP contribution in [0.1, 0.15) is 21.5 Å². The van der Waals surface area contributed by atoms with Crippen molar-refractivity contribution in [2.75, 3.05) is 5.32 Å². The number of nitrogens with one attached hydrogen (secondary N) is 1. The molecular formula is C15H14BrNO2. The fraction of sp³-hybridized carbons (Fsp3) is 0.133. The Morgan fingerprint density at radius 1 is 1.16 bits per heavy atom. The molecule has 2 aromatic rings. The minimum absolute atomic E-state index is 0.0159. The van der Waals surface area contributed by atoms with E-state index in [1.54, 1.807) is 12.1 Å². The van der Waals surface area contributed by atoms with Crippen LogP contribution in [0.3, 0.4) is 0 Å². The van der Waals surface area contributed by atoms with Crippen LogP contribution in [0.2, 0.25) is 0 Å². The molecule has 0 aliphatic carbocycles. The van der Waals surface area contributed by atoms with E-state index in [0.717, 1.165) is 21.3 Å². The summed E-state index contributed by atoms with van der Waals surface area (Å²) in [7, 11) is 0. The van der Waals surface area contributed by atoms with Gasteiger partial charge in [0.25, 0.3) is 5.91 Å². The number of hydrogen-bond acceptors (Lipinski definition) is 2. The second-order valence-electron chi connectivity index (χ2n) is 4.43. The molecule has 0 spiro atoms. The Hall–Kier alpha value is -1.81. The number of aromatic hydroxyl groups is 1. The average Bonchev–Trinajstić information content (AvgIpc) is 2.35. The van der Waals surface area contributed by atoms with Crippen molar-refractivity contribution in [2.45, 2.75) is 13.8 Å². The van der Waals surface area contributed by atoms with Gasteiger partial charge in [-0.15, -0.1) is 0 Å². The van der Waals surface area contributed by atoms with Gasteiger partial charge in [-0.25, -0.2) is 0 Å². The third-order valence-electron chi connectivity index (χ3n) is 2.83. The van der Waals surface area contributed by atoms with E-state index >= 15 is 0 Å². The van der Waals surface area contributed by atoms with Crippen molar-refractivity contribution in [3.8, 4) is 5.75 Å². The zero-order valence-electron chi connectivity index (χ0n) is 10.7. The van der Waals surface area contributed by atoms with Gasteiger partial charge in [-0.05, 0) is 49.7 Å². The summed E-state index contributed by atoms with van der Waals surface area (Å²) in [6.45, 7) is 3.79. The summed E-state index contributed by atoms with van der Waals surface area (Å²) in [4.78, 5) is 12.1. The maximum absolute atomic E-state index is 12.1. The number of benzene rings is 2. The highest BCUT2D eigenvalue weighted by atomic mass is 79.9. The van der Waals surface area contributed by atoms with Crippen molar-refractivity contribution >= 4 is 27.5 Å². The number of amides is 1. The molecule has 2 aromatic carbocycles. The molecular weight excluding hydrogens is 306 g/mol. The van der Waals surface area contributed by atoms with Crippen LogP contribution >= 0.6 is 15.9 Å². The van der Waals surface area contributed by atoms with E-state index in [9.17, 15) is 9.90 Å². The molecule has 0 aliphatic heterocycles. The standard InChI is InChI=1S/C15H14BrNO2/c1-9-3-6-14(18)12(7-9)15(19)17-13-5-4-11(16)8-10(13)2/h3-8,18H,1-2H3,(H,17,19). The van der Waals surface area contributed by atoms with Crippen LogP contribution in [0.5, 0.6) is 5.75 Å². The molecule has 0 atom stereocenters. The molecule has 1 amide bonds. The number of aryl methyl sites for hydroxylation is 2. The number of carbonyl (C=O) groups excluding carboxylic acids is 1. The third kappa shape index (κ3) is 3.15. The molecule has 0 aromatic heterocycles. The molecule has 2 N–H and O–H groups in total. The molecule has 2 rings (SSSR count). The Labute approximate surface area is 120 Å². The van der Waals surface area contributed by atoms with Gasteiger partial charge in [-0.2, -0.15) is 0 Å². The van der Waals surface area contributed by atoms with Crippen LogP contribution in [0.15, 0.2) is 40.9 Å². The molecule has 19 heavy (non-hydrogen) atoms. The van der Waals surface area contributed by atoms with Gasteiger partial charge >= 0.3 is 0 Å². The minimum atomic E-state index is -0.313. The highest BCUT2D eigenvalue weighted by Crippen LogP contribution is 2.23. The summed E-state index contributed by atoms with van der Waals surface area (Å²) in [5.41, 5.74) is 2.89.